The first-order valence-corrected chi connectivity index (χ1v) is 8.58. The van der Waals surface area contributed by atoms with Gasteiger partial charge in [-0.3, -0.25) is 4.79 Å². The lowest BCUT2D eigenvalue weighted by molar-refractivity contribution is 0.0943. The van der Waals surface area contributed by atoms with Crippen molar-refractivity contribution in [3.05, 3.63) is 72.1 Å². The molecule has 3 aromatic rings. The van der Waals surface area contributed by atoms with E-state index >= 15 is 0 Å². The minimum absolute atomic E-state index is 0.0910. The topological polar surface area (TPSA) is 66.9 Å². The Hall–Kier alpha value is -3.21. The first-order valence-electron chi connectivity index (χ1n) is 8.58. The largest absolute Gasteiger partial charge is 0.350 e. The smallest absolute Gasteiger partial charge is 0.251 e. The summed E-state index contributed by atoms with van der Waals surface area (Å²) in [4.78, 5) is 20.8. The Balaban J connectivity index is 1.80. The van der Waals surface area contributed by atoms with Crippen LogP contribution in [0.5, 0.6) is 0 Å². The molecule has 0 unspecified atom stereocenters. The van der Waals surface area contributed by atoms with E-state index in [0.717, 1.165) is 16.9 Å². The Morgan fingerprint density at radius 3 is 2.50 bits per heavy atom. The summed E-state index contributed by atoms with van der Waals surface area (Å²) in [6.45, 7) is 5.93. The van der Waals surface area contributed by atoms with Crippen molar-refractivity contribution >= 4 is 17.4 Å². The van der Waals surface area contributed by atoms with Gasteiger partial charge in [-0.25, -0.2) is 9.97 Å². The molecule has 0 atom stereocenters. The maximum absolute atomic E-state index is 12.2. The van der Waals surface area contributed by atoms with Gasteiger partial charge < -0.3 is 10.6 Å². The molecule has 0 fully saturated rings. The predicted octanol–water partition coefficient (Wildman–Crippen LogP) is 4.33. The molecule has 1 amide bonds. The molecule has 26 heavy (non-hydrogen) atoms. The highest BCUT2D eigenvalue weighted by Crippen LogP contribution is 2.22. The normalized spacial score (nSPS) is 10.6. The predicted molar refractivity (Wildman–Crippen MR) is 105 cm³/mol. The number of hydrogen-bond donors (Lipinski definition) is 2. The minimum Gasteiger partial charge on any atom is -0.350 e. The van der Waals surface area contributed by atoms with Crippen LogP contribution in [0.2, 0.25) is 0 Å². The third-order valence-electron chi connectivity index (χ3n) is 3.83. The van der Waals surface area contributed by atoms with E-state index in [2.05, 4.69) is 39.7 Å². The first-order chi connectivity index (χ1) is 12.5. The lowest BCUT2D eigenvalue weighted by Gasteiger charge is -2.11. The van der Waals surface area contributed by atoms with Crippen LogP contribution in [-0.2, 0) is 0 Å². The number of benzene rings is 2. The van der Waals surface area contributed by atoms with Gasteiger partial charge in [-0.1, -0.05) is 35.9 Å². The number of carbonyl (C=O) groups is 1. The summed E-state index contributed by atoms with van der Waals surface area (Å²) in [5, 5.41) is 6.14. The van der Waals surface area contributed by atoms with Gasteiger partial charge in [0.15, 0.2) is 0 Å². The molecule has 5 heteroatoms. The van der Waals surface area contributed by atoms with E-state index in [1.807, 2.05) is 50.2 Å². The van der Waals surface area contributed by atoms with Crippen LogP contribution in [0.25, 0.3) is 11.3 Å². The molecule has 0 saturated carbocycles. The maximum atomic E-state index is 12.2. The highest BCUT2D eigenvalue weighted by molar-refractivity contribution is 5.95. The summed E-state index contributed by atoms with van der Waals surface area (Å²) < 4.78 is 0. The van der Waals surface area contributed by atoms with Crippen molar-refractivity contribution in [2.45, 2.75) is 26.8 Å². The molecule has 0 aliphatic heterocycles. The Kier molecular flexibility index (Phi) is 5.27. The van der Waals surface area contributed by atoms with E-state index in [1.165, 1.54) is 11.9 Å². The van der Waals surface area contributed by atoms with Gasteiger partial charge in [0.25, 0.3) is 5.91 Å². The summed E-state index contributed by atoms with van der Waals surface area (Å²) in [5.41, 5.74) is 4.49. The van der Waals surface area contributed by atoms with Crippen LogP contribution < -0.4 is 10.6 Å². The quantitative estimate of drug-likeness (QED) is 0.721. The van der Waals surface area contributed by atoms with E-state index in [4.69, 9.17) is 0 Å². The molecule has 0 aliphatic rings. The zero-order valence-corrected chi connectivity index (χ0v) is 15.2. The molecular formula is C21H22N4O. The molecule has 0 radical (unpaired) electrons. The third kappa shape index (κ3) is 4.45. The lowest BCUT2D eigenvalue weighted by Crippen LogP contribution is -2.30. The maximum Gasteiger partial charge on any atom is 0.251 e. The highest BCUT2D eigenvalue weighted by Gasteiger charge is 2.08. The van der Waals surface area contributed by atoms with Crippen LogP contribution in [0.1, 0.15) is 29.8 Å². The molecule has 1 heterocycles. The summed E-state index contributed by atoms with van der Waals surface area (Å²) in [6, 6.07) is 17.5. The second-order valence-corrected chi connectivity index (χ2v) is 6.49. The molecule has 5 nitrogen and oxygen atoms in total. The number of nitrogens with one attached hydrogen (secondary N) is 2. The second-order valence-electron chi connectivity index (χ2n) is 6.49. The van der Waals surface area contributed by atoms with E-state index in [1.54, 1.807) is 6.07 Å². The van der Waals surface area contributed by atoms with Gasteiger partial charge in [0, 0.05) is 28.9 Å². The number of amides is 1. The van der Waals surface area contributed by atoms with Gasteiger partial charge in [0.1, 0.15) is 12.1 Å². The number of aromatic nitrogens is 2. The van der Waals surface area contributed by atoms with Crippen LogP contribution in [0.3, 0.4) is 0 Å². The number of aryl methyl sites for hydroxylation is 1. The van der Waals surface area contributed by atoms with Gasteiger partial charge >= 0.3 is 0 Å². The molecule has 0 aliphatic carbocycles. The lowest BCUT2D eigenvalue weighted by atomic mass is 10.1. The zero-order valence-electron chi connectivity index (χ0n) is 15.2. The van der Waals surface area contributed by atoms with Crippen molar-refractivity contribution < 1.29 is 4.79 Å². The average molecular weight is 346 g/mol. The van der Waals surface area contributed by atoms with Crippen molar-refractivity contribution in [2.24, 2.45) is 0 Å². The number of rotatable bonds is 5. The number of nitrogens with zero attached hydrogens (tertiary/aromatic N) is 2. The van der Waals surface area contributed by atoms with E-state index in [-0.39, 0.29) is 11.9 Å². The van der Waals surface area contributed by atoms with Crippen molar-refractivity contribution in [3.63, 3.8) is 0 Å². The molecule has 1 aromatic heterocycles. The average Bonchev–Trinajstić information content (AvgIpc) is 2.62. The summed E-state index contributed by atoms with van der Waals surface area (Å²) in [7, 11) is 0. The fraction of sp³-hybridized carbons (Fsp3) is 0.190. The Labute approximate surface area is 153 Å². The van der Waals surface area contributed by atoms with Gasteiger partial charge in [-0.05, 0) is 39.0 Å². The number of anilines is 2. The van der Waals surface area contributed by atoms with Crippen LogP contribution in [0.4, 0.5) is 11.5 Å². The molecule has 2 aromatic carbocycles. The summed E-state index contributed by atoms with van der Waals surface area (Å²) in [6.07, 6.45) is 1.53. The van der Waals surface area contributed by atoms with Crippen molar-refractivity contribution in [3.8, 4) is 11.3 Å². The monoisotopic (exact) mass is 346 g/mol. The molecular weight excluding hydrogens is 324 g/mol. The molecule has 0 saturated heterocycles. The van der Waals surface area contributed by atoms with E-state index in [9.17, 15) is 4.79 Å². The van der Waals surface area contributed by atoms with Gasteiger partial charge in [-0.15, -0.1) is 0 Å². The van der Waals surface area contributed by atoms with Crippen molar-refractivity contribution in [1.82, 2.24) is 15.3 Å². The van der Waals surface area contributed by atoms with Crippen molar-refractivity contribution in [2.75, 3.05) is 5.32 Å². The van der Waals surface area contributed by atoms with Crippen LogP contribution in [0.15, 0.2) is 60.9 Å². The van der Waals surface area contributed by atoms with Gasteiger partial charge in [0.05, 0.1) is 5.69 Å². The molecule has 0 spiro atoms. The van der Waals surface area contributed by atoms with Crippen molar-refractivity contribution in [1.29, 1.82) is 0 Å². The molecule has 132 valence electrons. The SMILES string of the molecule is Cc1ccc(-c2cc(Nc3cccc(C(=O)NC(C)C)c3)ncn2)cc1. The fourth-order valence-electron chi connectivity index (χ4n) is 2.54. The highest BCUT2D eigenvalue weighted by atomic mass is 16.1. The Morgan fingerprint density at radius 1 is 1.00 bits per heavy atom. The molecule has 3 rings (SSSR count). The first kappa shape index (κ1) is 17.6. The molecule has 0 bridgehead atoms. The van der Waals surface area contributed by atoms with Gasteiger partial charge in [-0.2, -0.15) is 0 Å². The van der Waals surface area contributed by atoms with E-state index in [0.29, 0.717) is 11.4 Å². The van der Waals surface area contributed by atoms with Gasteiger partial charge in [0.2, 0.25) is 0 Å². The Morgan fingerprint density at radius 2 is 1.77 bits per heavy atom. The second kappa shape index (κ2) is 7.78. The fourth-order valence-corrected chi connectivity index (χ4v) is 2.54. The van der Waals surface area contributed by atoms with E-state index < -0.39 is 0 Å². The molecule has 2 N–H and O–H groups in total. The van der Waals surface area contributed by atoms with Crippen LogP contribution in [0, 0.1) is 6.92 Å². The van der Waals surface area contributed by atoms with Crippen LogP contribution in [-0.4, -0.2) is 21.9 Å². The minimum atomic E-state index is -0.0910. The number of carbonyl (C=O) groups excluding carboxylic acids is 1. The summed E-state index contributed by atoms with van der Waals surface area (Å²) in [5.74, 6) is 0.587. The summed E-state index contributed by atoms with van der Waals surface area (Å²) >= 11 is 0. The number of hydrogen-bond acceptors (Lipinski definition) is 4. The van der Waals surface area contributed by atoms with Crippen LogP contribution >= 0.6 is 0 Å². The Bertz CT molecular complexity index is 904. The third-order valence-corrected chi connectivity index (χ3v) is 3.83. The zero-order chi connectivity index (χ0) is 18.5. The standard InChI is InChI=1S/C21H22N4O/c1-14(2)24-21(26)17-5-4-6-18(11-17)25-20-12-19(22-13-23-20)16-9-7-15(3)8-10-16/h4-14H,1-3H3,(H,24,26)(H,22,23,25).